The second-order valence-corrected chi connectivity index (χ2v) is 5.54. The van der Waals surface area contributed by atoms with Crippen LogP contribution in [0.15, 0.2) is 24.3 Å². The number of methoxy groups -OCH3 is 1. The zero-order chi connectivity index (χ0) is 15.2. The predicted molar refractivity (Wildman–Crippen MR) is 81.5 cm³/mol. The van der Waals surface area contributed by atoms with Crippen molar-refractivity contribution in [2.75, 3.05) is 26.8 Å². The lowest BCUT2D eigenvalue weighted by Gasteiger charge is -2.33. The van der Waals surface area contributed by atoms with Gasteiger partial charge in [-0.1, -0.05) is 23.7 Å². The number of carbonyl (C=O) groups is 1. The summed E-state index contributed by atoms with van der Waals surface area (Å²) >= 11 is 6.08. The summed E-state index contributed by atoms with van der Waals surface area (Å²) in [5.74, 6) is 0.632. The number of ether oxygens (including phenoxy) is 2. The van der Waals surface area contributed by atoms with Crippen LogP contribution in [-0.2, 0) is 9.53 Å². The third-order valence-corrected chi connectivity index (χ3v) is 3.86. The van der Waals surface area contributed by atoms with Gasteiger partial charge in [0.05, 0.1) is 11.6 Å². The Labute approximate surface area is 130 Å². The number of nitrogens with zero attached hydrogens (tertiary/aromatic N) is 1. The van der Waals surface area contributed by atoms with Gasteiger partial charge in [-0.05, 0) is 12.1 Å². The molecule has 0 spiro atoms. The summed E-state index contributed by atoms with van der Waals surface area (Å²) in [5.41, 5.74) is 5.77. The summed E-state index contributed by atoms with van der Waals surface area (Å²) in [6.07, 6.45) is 1.63. The smallest absolute Gasteiger partial charge is 0.241 e. The molecule has 1 atom stereocenters. The Hall–Kier alpha value is -1.30. The Bertz CT molecular complexity index is 476. The molecule has 1 fully saturated rings. The summed E-state index contributed by atoms with van der Waals surface area (Å²) in [6, 6.07) is 6.83. The molecule has 21 heavy (non-hydrogen) atoms. The second kappa shape index (κ2) is 7.64. The van der Waals surface area contributed by atoms with Crippen molar-refractivity contribution >= 4 is 17.5 Å². The summed E-state index contributed by atoms with van der Waals surface area (Å²) < 4.78 is 10.8. The standard InChI is InChI=1S/C15H21ClN2O3/c1-20-10-13(17)15(19)18-8-6-11(7-9-18)21-14-5-3-2-4-12(14)16/h2-5,11,13H,6-10,17H2,1H3. The number of piperidine rings is 1. The highest BCUT2D eigenvalue weighted by Crippen LogP contribution is 2.26. The Morgan fingerprint density at radius 2 is 2.10 bits per heavy atom. The SMILES string of the molecule is COCC(N)C(=O)N1CCC(Oc2ccccc2Cl)CC1. The molecule has 1 saturated heterocycles. The highest BCUT2D eigenvalue weighted by Gasteiger charge is 2.27. The molecule has 1 unspecified atom stereocenters. The van der Waals surface area contributed by atoms with Crippen molar-refractivity contribution in [2.24, 2.45) is 5.73 Å². The van der Waals surface area contributed by atoms with E-state index in [1.54, 1.807) is 11.0 Å². The fraction of sp³-hybridized carbons (Fsp3) is 0.533. The van der Waals surface area contributed by atoms with Gasteiger partial charge in [0.2, 0.25) is 5.91 Å². The molecule has 0 radical (unpaired) electrons. The van der Waals surface area contributed by atoms with Crippen LogP contribution in [0, 0.1) is 0 Å². The summed E-state index contributed by atoms with van der Waals surface area (Å²) in [6.45, 7) is 1.53. The van der Waals surface area contributed by atoms with E-state index >= 15 is 0 Å². The molecule has 1 aromatic rings. The molecule has 0 aliphatic carbocycles. The molecule has 1 aliphatic heterocycles. The summed E-state index contributed by atoms with van der Waals surface area (Å²) in [4.78, 5) is 13.8. The molecule has 1 amide bonds. The number of hydrogen-bond acceptors (Lipinski definition) is 4. The molecule has 0 aromatic heterocycles. The van der Waals surface area contributed by atoms with Crippen LogP contribution in [0.3, 0.4) is 0 Å². The fourth-order valence-corrected chi connectivity index (χ4v) is 2.58. The number of halogens is 1. The number of likely N-dealkylation sites (tertiary alicyclic amines) is 1. The van der Waals surface area contributed by atoms with Crippen molar-refractivity contribution in [2.45, 2.75) is 25.0 Å². The van der Waals surface area contributed by atoms with Gasteiger partial charge in [0, 0.05) is 33.0 Å². The minimum atomic E-state index is -0.587. The minimum Gasteiger partial charge on any atom is -0.489 e. The van der Waals surface area contributed by atoms with Crippen LogP contribution in [0.2, 0.25) is 5.02 Å². The van der Waals surface area contributed by atoms with Gasteiger partial charge >= 0.3 is 0 Å². The molecule has 116 valence electrons. The first-order valence-electron chi connectivity index (χ1n) is 7.06. The maximum atomic E-state index is 12.1. The van der Waals surface area contributed by atoms with Crippen LogP contribution in [0.4, 0.5) is 0 Å². The quantitative estimate of drug-likeness (QED) is 0.898. The van der Waals surface area contributed by atoms with E-state index in [4.69, 9.17) is 26.8 Å². The molecular weight excluding hydrogens is 292 g/mol. The summed E-state index contributed by atoms with van der Waals surface area (Å²) in [5, 5.41) is 0.609. The largest absolute Gasteiger partial charge is 0.489 e. The van der Waals surface area contributed by atoms with Gasteiger partial charge in [-0.25, -0.2) is 0 Å². The zero-order valence-electron chi connectivity index (χ0n) is 12.1. The third kappa shape index (κ3) is 4.33. The average molecular weight is 313 g/mol. The monoisotopic (exact) mass is 312 g/mol. The van der Waals surface area contributed by atoms with Gasteiger partial charge in [0.25, 0.3) is 0 Å². The lowest BCUT2D eigenvalue weighted by Crippen LogP contribution is -2.50. The first-order chi connectivity index (χ1) is 10.1. The van der Waals surface area contributed by atoms with Crippen molar-refractivity contribution in [1.82, 2.24) is 4.90 Å². The molecule has 2 rings (SSSR count). The van der Waals surface area contributed by atoms with E-state index in [0.29, 0.717) is 23.9 Å². The lowest BCUT2D eigenvalue weighted by molar-refractivity contribution is -0.135. The number of para-hydroxylation sites is 1. The Kier molecular flexibility index (Phi) is 5.85. The number of rotatable bonds is 5. The van der Waals surface area contributed by atoms with Crippen molar-refractivity contribution in [3.63, 3.8) is 0 Å². The van der Waals surface area contributed by atoms with Crippen LogP contribution < -0.4 is 10.5 Å². The van der Waals surface area contributed by atoms with Crippen molar-refractivity contribution < 1.29 is 14.3 Å². The molecule has 1 heterocycles. The van der Waals surface area contributed by atoms with Crippen LogP contribution in [-0.4, -0.2) is 49.8 Å². The molecule has 1 aliphatic rings. The molecule has 2 N–H and O–H groups in total. The molecule has 0 bridgehead atoms. The maximum absolute atomic E-state index is 12.1. The predicted octanol–water partition coefficient (Wildman–Crippen LogP) is 1.68. The van der Waals surface area contributed by atoms with Gasteiger partial charge in [-0.15, -0.1) is 0 Å². The first kappa shape index (κ1) is 16.1. The summed E-state index contributed by atoms with van der Waals surface area (Å²) in [7, 11) is 1.54. The van der Waals surface area contributed by atoms with Gasteiger partial charge in [0.1, 0.15) is 17.9 Å². The second-order valence-electron chi connectivity index (χ2n) is 5.13. The van der Waals surface area contributed by atoms with Gasteiger partial charge in [-0.2, -0.15) is 0 Å². The van der Waals surface area contributed by atoms with Gasteiger partial charge in [0.15, 0.2) is 0 Å². The van der Waals surface area contributed by atoms with E-state index in [2.05, 4.69) is 0 Å². The number of carbonyl (C=O) groups excluding carboxylic acids is 1. The van der Waals surface area contributed by atoms with Gasteiger partial charge < -0.3 is 20.1 Å². The molecular formula is C15H21ClN2O3. The third-order valence-electron chi connectivity index (χ3n) is 3.55. The lowest BCUT2D eigenvalue weighted by atomic mass is 10.1. The fourth-order valence-electron chi connectivity index (χ4n) is 2.40. The van der Waals surface area contributed by atoms with E-state index < -0.39 is 6.04 Å². The van der Waals surface area contributed by atoms with Crippen LogP contribution in [0.1, 0.15) is 12.8 Å². The zero-order valence-corrected chi connectivity index (χ0v) is 12.9. The van der Waals surface area contributed by atoms with E-state index in [9.17, 15) is 4.79 Å². The van der Waals surface area contributed by atoms with Crippen LogP contribution in [0.5, 0.6) is 5.75 Å². The Balaban J connectivity index is 1.83. The molecule has 0 saturated carbocycles. The minimum absolute atomic E-state index is 0.0620. The molecule has 1 aromatic carbocycles. The van der Waals surface area contributed by atoms with Crippen molar-refractivity contribution in [3.8, 4) is 5.75 Å². The maximum Gasteiger partial charge on any atom is 0.241 e. The van der Waals surface area contributed by atoms with Crippen LogP contribution in [0.25, 0.3) is 0 Å². The van der Waals surface area contributed by atoms with Crippen LogP contribution >= 0.6 is 11.6 Å². The Morgan fingerprint density at radius 1 is 1.43 bits per heavy atom. The number of amides is 1. The van der Waals surface area contributed by atoms with E-state index in [1.807, 2.05) is 18.2 Å². The Morgan fingerprint density at radius 3 is 2.71 bits per heavy atom. The number of hydrogen-bond donors (Lipinski definition) is 1. The van der Waals surface area contributed by atoms with Gasteiger partial charge in [-0.3, -0.25) is 4.79 Å². The first-order valence-corrected chi connectivity index (χ1v) is 7.44. The van der Waals surface area contributed by atoms with E-state index in [0.717, 1.165) is 12.8 Å². The van der Waals surface area contributed by atoms with Crippen molar-refractivity contribution in [3.05, 3.63) is 29.3 Å². The topological polar surface area (TPSA) is 64.8 Å². The molecule has 5 nitrogen and oxygen atoms in total. The number of nitrogens with two attached hydrogens (primary N) is 1. The normalized spacial score (nSPS) is 17.6. The molecule has 6 heteroatoms. The van der Waals surface area contributed by atoms with E-state index in [-0.39, 0.29) is 18.6 Å². The van der Waals surface area contributed by atoms with E-state index in [1.165, 1.54) is 7.11 Å². The number of benzene rings is 1. The van der Waals surface area contributed by atoms with Crippen molar-refractivity contribution in [1.29, 1.82) is 0 Å². The average Bonchev–Trinajstić information content (AvgIpc) is 2.50. The highest BCUT2D eigenvalue weighted by molar-refractivity contribution is 6.32. The highest BCUT2D eigenvalue weighted by atomic mass is 35.5.